The number of nitrogens with zero attached hydrogens (tertiary/aromatic N) is 4. The quantitative estimate of drug-likeness (QED) is 0.566. The number of nitrogens with one attached hydrogen (secondary N) is 1. The van der Waals surface area contributed by atoms with E-state index in [1.54, 1.807) is 27.4 Å². The summed E-state index contributed by atoms with van der Waals surface area (Å²) < 4.78 is 32.3. The third kappa shape index (κ3) is 5.09. The number of aryl methyl sites for hydroxylation is 1. The summed E-state index contributed by atoms with van der Waals surface area (Å²) in [6.07, 6.45) is 1.35. The van der Waals surface area contributed by atoms with Gasteiger partial charge in [-0.1, -0.05) is 0 Å². The van der Waals surface area contributed by atoms with Gasteiger partial charge in [0.15, 0.2) is 5.90 Å². The van der Waals surface area contributed by atoms with Crippen molar-refractivity contribution < 1.29 is 13.5 Å². The van der Waals surface area contributed by atoms with Crippen molar-refractivity contribution in [3.8, 4) is 0 Å². The standard InChI is InChI=1S/C19H27F2N5O/c1-12-6-16-18(25-7-12)14(8-24-9-17(20)21)10-26(16)11-15(22-3)13(2)19(23-4)27-5/h6-7,10,13,17,24H,8-9,11H2,1-5H3. The lowest BCUT2D eigenvalue weighted by Gasteiger charge is -2.17. The van der Waals surface area contributed by atoms with Crippen LogP contribution in [0.15, 0.2) is 28.4 Å². The molecule has 0 aliphatic rings. The second kappa shape index (κ2) is 9.55. The minimum Gasteiger partial charge on any atom is -0.484 e. The maximum absolute atomic E-state index is 12.4. The molecule has 0 saturated heterocycles. The molecular formula is C19H27F2N5O. The van der Waals surface area contributed by atoms with Gasteiger partial charge in [0.25, 0.3) is 6.43 Å². The van der Waals surface area contributed by atoms with Crippen molar-refractivity contribution in [2.24, 2.45) is 15.9 Å². The number of fused-ring (bicyclic) bond motifs is 1. The number of alkyl halides is 2. The van der Waals surface area contributed by atoms with E-state index < -0.39 is 6.43 Å². The normalized spacial score (nSPS) is 14.2. The minimum absolute atomic E-state index is 0.0689. The summed E-state index contributed by atoms with van der Waals surface area (Å²) in [5.41, 5.74) is 4.57. The fourth-order valence-corrected chi connectivity index (χ4v) is 3.10. The van der Waals surface area contributed by atoms with Crippen LogP contribution in [-0.4, -0.2) is 55.3 Å². The van der Waals surface area contributed by atoms with Gasteiger partial charge in [0.05, 0.1) is 37.2 Å². The monoisotopic (exact) mass is 379 g/mol. The molecule has 0 radical (unpaired) electrons. The number of hydrogen-bond donors (Lipinski definition) is 1. The van der Waals surface area contributed by atoms with Crippen LogP contribution < -0.4 is 5.32 Å². The molecular weight excluding hydrogens is 352 g/mol. The second-order valence-electron chi connectivity index (χ2n) is 6.39. The molecule has 0 bridgehead atoms. The molecule has 2 rings (SSSR count). The second-order valence-corrected chi connectivity index (χ2v) is 6.39. The Morgan fingerprint density at radius 3 is 2.67 bits per heavy atom. The van der Waals surface area contributed by atoms with E-state index >= 15 is 0 Å². The summed E-state index contributed by atoms with van der Waals surface area (Å²) in [6, 6.07) is 2.04. The Labute approximate surface area is 158 Å². The van der Waals surface area contributed by atoms with Crippen LogP contribution in [0, 0.1) is 12.8 Å². The van der Waals surface area contributed by atoms with Crippen molar-refractivity contribution in [3.63, 3.8) is 0 Å². The van der Waals surface area contributed by atoms with Crippen LogP contribution in [0.3, 0.4) is 0 Å². The van der Waals surface area contributed by atoms with E-state index in [2.05, 4.69) is 24.9 Å². The molecule has 0 amide bonds. The number of aliphatic imine (C=N–C) groups is 2. The van der Waals surface area contributed by atoms with E-state index in [-0.39, 0.29) is 12.5 Å². The van der Waals surface area contributed by atoms with Gasteiger partial charge in [0.2, 0.25) is 0 Å². The zero-order chi connectivity index (χ0) is 20.0. The van der Waals surface area contributed by atoms with Gasteiger partial charge < -0.3 is 14.6 Å². The van der Waals surface area contributed by atoms with Crippen molar-refractivity contribution in [1.29, 1.82) is 0 Å². The molecule has 1 unspecified atom stereocenters. The van der Waals surface area contributed by atoms with Crippen LogP contribution in [0.4, 0.5) is 8.78 Å². The summed E-state index contributed by atoms with van der Waals surface area (Å²) in [4.78, 5) is 13.1. The zero-order valence-corrected chi connectivity index (χ0v) is 16.5. The number of pyridine rings is 1. The minimum atomic E-state index is -2.38. The third-order valence-corrected chi connectivity index (χ3v) is 4.46. The van der Waals surface area contributed by atoms with Crippen LogP contribution in [0.1, 0.15) is 18.1 Å². The summed E-state index contributed by atoms with van der Waals surface area (Å²) in [7, 11) is 5.03. The highest BCUT2D eigenvalue weighted by atomic mass is 19.3. The van der Waals surface area contributed by atoms with E-state index in [9.17, 15) is 8.78 Å². The fraction of sp³-hybridized carbons (Fsp3) is 0.526. The molecule has 0 fully saturated rings. The average Bonchev–Trinajstić information content (AvgIpc) is 2.97. The Hall–Kier alpha value is -2.35. The molecule has 2 aromatic heterocycles. The Balaban J connectivity index is 2.35. The number of ether oxygens (including phenoxy) is 1. The van der Waals surface area contributed by atoms with Crippen LogP contribution in [-0.2, 0) is 17.8 Å². The molecule has 0 aromatic carbocycles. The van der Waals surface area contributed by atoms with Gasteiger partial charge in [-0.3, -0.25) is 15.0 Å². The fourth-order valence-electron chi connectivity index (χ4n) is 3.10. The van der Waals surface area contributed by atoms with Crippen LogP contribution in [0.5, 0.6) is 0 Å². The highest BCUT2D eigenvalue weighted by Crippen LogP contribution is 2.21. The Morgan fingerprint density at radius 2 is 2.07 bits per heavy atom. The lowest BCUT2D eigenvalue weighted by molar-refractivity contribution is 0.145. The molecule has 0 aliphatic carbocycles. The molecule has 148 valence electrons. The highest BCUT2D eigenvalue weighted by Gasteiger charge is 2.19. The van der Waals surface area contributed by atoms with Gasteiger partial charge in [-0.05, 0) is 25.5 Å². The number of rotatable bonds is 8. The third-order valence-electron chi connectivity index (χ3n) is 4.46. The van der Waals surface area contributed by atoms with Crippen molar-refractivity contribution in [1.82, 2.24) is 14.9 Å². The van der Waals surface area contributed by atoms with E-state index in [0.717, 1.165) is 27.9 Å². The average molecular weight is 379 g/mol. The van der Waals surface area contributed by atoms with Gasteiger partial charge in [0, 0.05) is 44.3 Å². The summed E-state index contributed by atoms with van der Waals surface area (Å²) in [5, 5.41) is 2.78. The van der Waals surface area contributed by atoms with E-state index in [4.69, 9.17) is 4.74 Å². The first kappa shape index (κ1) is 21.0. The number of aromatic nitrogens is 2. The highest BCUT2D eigenvalue weighted by molar-refractivity contribution is 6.04. The van der Waals surface area contributed by atoms with Gasteiger partial charge in [-0.15, -0.1) is 0 Å². The Bertz CT molecular complexity index is 829. The summed E-state index contributed by atoms with van der Waals surface area (Å²) in [5.74, 6) is 0.542. The SMILES string of the molecule is CN=C(Cn1cc(CNCC(F)F)c2ncc(C)cc21)C(C)C(=NC)OC. The topological polar surface area (TPSA) is 63.8 Å². The van der Waals surface area contributed by atoms with Crippen molar-refractivity contribution in [2.75, 3.05) is 27.7 Å². The van der Waals surface area contributed by atoms with Crippen LogP contribution in [0.2, 0.25) is 0 Å². The zero-order valence-electron chi connectivity index (χ0n) is 16.5. The van der Waals surface area contributed by atoms with Crippen molar-refractivity contribution >= 4 is 22.6 Å². The molecule has 0 aliphatic heterocycles. The maximum atomic E-state index is 12.4. The predicted molar refractivity (Wildman–Crippen MR) is 105 cm³/mol. The molecule has 2 aromatic rings. The first-order chi connectivity index (χ1) is 12.9. The largest absolute Gasteiger partial charge is 0.484 e. The van der Waals surface area contributed by atoms with Gasteiger partial charge in [-0.25, -0.2) is 8.78 Å². The number of halogens is 2. The molecule has 2 heterocycles. The van der Waals surface area contributed by atoms with Crippen molar-refractivity contribution in [2.45, 2.75) is 33.4 Å². The Kier molecular flexibility index (Phi) is 7.41. The number of methoxy groups -OCH3 is 1. The maximum Gasteiger partial charge on any atom is 0.250 e. The van der Waals surface area contributed by atoms with Gasteiger partial charge in [-0.2, -0.15) is 0 Å². The first-order valence-electron chi connectivity index (χ1n) is 8.80. The summed E-state index contributed by atoms with van der Waals surface area (Å²) >= 11 is 0. The molecule has 6 nitrogen and oxygen atoms in total. The molecule has 0 spiro atoms. The smallest absolute Gasteiger partial charge is 0.250 e. The van der Waals surface area contributed by atoms with Crippen LogP contribution in [0.25, 0.3) is 11.0 Å². The van der Waals surface area contributed by atoms with Crippen LogP contribution >= 0.6 is 0 Å². The molecule has 8 heteroatoms. The molecule has 27 heavy (non-hydrogen) atoms. The van der Waals surface area contributed by atoms with Crippen molar-refractivity contribution in [3.05, 3.63) is 29.6 Å². The predicted octanol–water partition coefficient (Wildman–Crippen LogP) is 3.08. The lowest BCUT2D eigenvalue weighted by atomic mass is 10.1. The number of hydrogen-bond acceptors (Lipinski definition) is 5. The molecule has 1 atom stereocenters. The van der Waals surface area contributed by atoms with E-state index in [1.807, 2.05) is 26.1 Å². The van der Waals surface area contributed by atoms with Gasteiger partial charge in [0.1, 0.15) is 0 Å². The van der Waals surface area contributed by atoms with E-state index in [0.29, 0.717) is 19.0 Å². The molecule has 0 saturated carbocycles. The molecule has 1 N–H and O–H groups in total. The summed E-state index contributed by atoms with van der Waals surface area (Å²) in [6.45, 7) is 4.49. The van der Waals surface area contributed by atoms with E-state index in [1.165, 1.54) is 0 Å². The first-order valence-corrected chi connectivity index (χ1v) is 8.80. The van der Waals surface area contributed by atoms with Gasteiger partial charge >= 0.3 is 0 Å². The Morgan fingerprint density at radius 1 is 1.33 bits per heavy atom. The lowest BCUT2D eigenvalue weighted by Crippen LogP contribution is -2.26.